The number of hydrogen-bond donors (Lipinski definition) is 0. The van der Waals surface area contributed by atoms with Crippen molar-refractivity contribution < 1.29 is 4.21 Å². The fraction of sp³-hybridized carbons (Fsp3) is 0.143. The van der Waals surface area contributed by atoms with Gasteiger partial charge in [0, 0.05) is 26.4 Å². The van der Waals surface area contributed by atoms with Gasteiger partial charge in [-0.05, 0) is 24.3 Å². The molecule has 10 heavy (non-hydrogen) atoms. The minimum absolute atomic E-state index is 0.858. The Kier molecular flexibility index (Phi) is 2.63. The summed E-state index contributed by atoms with van der Waals surface area (Å²) >= 11 is 3.30. The highest BCUT2D eigenvalue weighted by molar-refractivity contribution is 9.10. The molecule has 1 nitrogen and oxygen atoms in total. The van der Waals surface area contributed by atoms with E-state index in [1.165, 1.54) is 0 Å². The van der Waals surface area contributed by atoms with Gasteiger partial charge in [0.1, 0.15) is 0 Å². The summed E-state index contributed by atoms with van der Waals surface area (Å²) in [5.74, 6) is 0. The summed E-state index contributed by atoms with van der Waals surface area (Å²) in [5, 5.41) is 0. The first-order valence-electron chi connectivity index (χ1n) is 2.79. The second-order valence-corrected chi connectivity index (χ2v) is 4.20. The molecule has 0 radical (unpaired) electrons. The van der Waals surface area contributed by atoms with E-state index in [4.69, 9.17) is 0 Å². The molecule has 0 aliphatic carbocycles. The predicted octanol–water partition coefficient (Wildman–Crippen LogP) is 2.19. The van der Waals surface area contributed by atoms with E-state index in [1.807, 2.05) is 24.3 Å². The molecular weight excluding hydrogens is 212 g/mol. The lowest BCUT2D eigenvalue weighted by Gasteiger charge is -1.93. The van der Waals surface area contributed by atoms with Crippen molar-refractivity contribution in [3.05, 3.63) is 28.7 Å². The standard InChI is InChI=1S/C7H7BrOS/c1-10(9)7-4-2-6(8)3-5-7/h2-5H,1H3/t10-/m1/s1. The van der Waals surface area contributed by atoms with Crippen molar-refractivity contribution in [1.82, 2.24) is 0 Å². The molecule has 0 aliphatic heterocycles. The lowest BCUT2D eigenvalue weighted by atomic mass is 10.4. The second-order valence-electron chi connectivity index (χ2n) is 1.91. The van der Waals surface area contributed by atoms with Crippen molar-refractivity contribution in [1.29, 1.82) is 0 Å². The number of hydrogen-bond acceptors (Lipinski definition) is 1. The van der Waals surface area contributed by atoms with Gasteiger partial charge in [0.15, 0.2) is 0 Å². The van der Waals surface area contributed by atoms with Gasteiger partial charge in [-0.1, -0.05) is 15.9 Å². The molecule has 54 valence electrons. The lowest BCUT2D eigenvalue weighted by molar-refractivity contribution is 0.687. The summed E-state index contributed by atoms with van der Waals surface area (Å²) in [7, 11) is -0.858. The van der Waals surface area contributed by atoms with Crippen LogP contribution in [0, 0.1) is 0 Å². The van der Waals surface area contributed by atoms with Crippen molar-refractivity contribution >= 4 is 26.7 Å². The zero-order chi connectivity index (χ0) is 7.56. The maximum Gasteiger partial charge on any atom is 0.0498 e. The van der Waals surface area contributed by atoms with E-state index in [0.29, 0.717) is 0 Å². The van der Waals surface area contributed by atoms with Gasteiger partial charge in [-0.3, -0.25) is 4.21 Å². The zero-order valence-electron chi connectivity index (χ0n) is 5.50. The molecule has 0 aromatic heterocycles. The van der Waals surface area contributed by atoms with Gasteiger partial charge in [0.25, 0.3) is 0 Å². The van der Waals surface area contributed by atoms with Gasteiger partial charge in [-0.25, -0.2) is 0 Å². The summed E-state index contributed by atoms with van der Waals surface area (Å²) in [4.78, 5) is 0.864. The Labute approximate surface area is 71.0 Å². The average Bonchev–Trinajstić information content (AvgIpc) is 1.88. The van der Waals surface area contributed by atoms with Crippen molar-refractivity contribution in [3.8, 4) is 0 Å². The van der Waals surface area contributed by atoms with Crippen LogP contribution >= 0.6 is 15.9 Å². The summed E-state index contributed by atoms with van der Waals surface area (Å²) in [5.41, 5.74) is 0. The number of rotatable bonds is 1. The van der Waals surface area contributed by atoms with Gasteiger partial charge in [-0.2, -0.15) is 0 Å². The fourth-order valence-electron chi connectivity index (χ4n) is 0.626. The first-order valence-corrected chi connectivity index (χ1v) is 5.14. The van der Waals surface area contributed by atoms with E-state index in [2.05, 4.69) is 15.9 Å². The normalized spacial score (nSPS) is 13.0. The maximum absolute atomic E-state index is 10.9. The molecule has 0 saturated heterocycles. The van der Waals surface area contributed by atoms with Crippen LogP contribution in [0.5, 0.6) is 0 Å². The summed E-state index contributed by atoms with van der Waals surface area (Å²) in [6.07, 6.45) is 1.67. The van der Waals surface area contributed by atoms with E-state index in [1.54, 1.807) is 6.26 Å². The highest BCUT2D eigenvalue weighted by Crippen LogP contribution is 2.11. The first kappa shape index (κ1) is 7.95. The van der Waals surface area contributed by atoms with Gasteiger partial charge >= 0.3 is 0 Å². The molecule has 0 amide bonds. The molecule has 1 aromatic rings. The fourth-order valence-corrected chi connectivity index (χ4v) is 1.41. The molecule has 0 saturated carbocycles. The summed E-state index contributed by atoms with van der Waals surface area (Å²) in [6.45, 7) is 0. The van der Waals surface area contributed by atoms with Crippen LogP contribution < -0.4 is 0 Å². The molecule has 0 heterocycles. The maximum atomic E-state index is 10.9. The monoisotopic (exact) mass is 218 g/mol. The first-order chi connectivity index (χ1) is 4.70. The van der Waals surface area contributed by atoms with Crippen molar-refractivity contribution in [2.45, 2.75) is 4.90 Å². The molecule has 0 bridgehead atoms. The van der Waals surface area contributed by atoms with E-state index in [0.717, 1.165) is 9.37 Å². The van der Waals surface area contributed by atoms with Gasteiger partial charge < -0.3 is 0 Å². The second kappa shape index (κ2) is 3.30. The molecule has 1 atom stereocenters. The molecule has 0 N–H and O–H groups in total. The topological polar surface area (TPSA) is 17.1 Å². The van der Waals surface area contributed by atoms with Crippen LogP contribution in [0.3, 0.4) is 0 Å². The van der Waals surface area contributed by atoms with Crippen LogP contribution in [0.25, 0.3) is 0 Å². The van der Waals surface area contributed by atoms with E-state index >= 15 is 0 Å². The molecular formula is C7H7BrOS. The Hall–Kier alpha value is -0.150. The zero-order valence-corrected chi connectivity index (χ0v) is 7.91. The summed E-state index contributed by atoms with van der Waals surface area (Å²) in [6, 6.07) is 7.47. The quantitative estimate of drug-likeness (QED) is 0.707. The largest absolute Gasteiger partial charge is 0.255 e. The third kappa shape index (κ3) is 1.92. The molecule has 1 rings (SSSR count). The van der Waals surface area contributed by atoms with Crippen molar-refractivity contribution in [2.24, 2.45) is 0 Å². The number of benzene rings is 1. The molecule has 0 spiro atoms. The number of halogens is 1. The van der Waals surface area contributed by atoms with Crippen LogP contribution in [0.2, 0.25) is 0 Å². The third-order valence-corrected chi connectivity index (χ3v) is 2.61. The minimum atomic E-state index is -0.858. The Balaban J connectivity index is 3.00. The van der Waals surface area contributed by atoms with E-state index in [-0.39, 0.29) is 0 Å². The van der Waals surface area contributed by atoms with Crippen LogP contribution in [-0.2, 0) is 10.8 Å². The molecule has 1 aromatic carbocycles. The molecule has 0 unspecified atom stereocenters. The van der Waals surface area contributed by atoms with Crippen LogP contribution in [-0.4, -0.2) is 10.5 Å². The van der Waals surface area contributed by atoms with Crippen LogP contribution in [0.1, 0.15) is 0 Å². The average molecular weight is 219 g/mol. The molecule has 3 heteroatoms. The minimum Gasteiger partial charge on any atom is -0.255 e. The highest BCUT2D eigenvalue weighted by Gasteiger charge is 1.94. The molecule has 0 aliphatic rings. The third-order valence-electron chi connectivity index (χ3n) is 1.15. The Morgan fingerprint density at radius 3 is 2.20 bits per heavy atom. The van der Waals surface area contributed by atoms with Crippen molar-refractivity contribution in [2.75, 3.05) is 6.26 Å². The van der Waals surface area contributed by atoms with Crippen molar-refractivity contribution in [3.63, 3.8) is 0 Å². The SMILES string of the molecule is C[S@@](=O)c1ccc(Br)cc1. The van der Waals surface area contributed by atoms with Crippen LogP contribution in [0.15, 0.2) is 33.6 Å². The van der Waals surface area contributed by atoms with E-state index < -0.39 is 10.8 Å². The lowest BCUT2D eigenvalue weighted by Crippen LogP contribution is -1.84. The molecule has 0 fully saturated rings. The smallest absolute Gasteiger partial charge is 0.0498 e. The summed E-state index contributed by atoms with van der Waals surface area (Å²) < 4.78 is 11.9. The Bertz CT molecular complexity index is 242. The Morgan fingerprint density at radius 2 is 1.80 bits per heavy atom. The predicted molar refractivity (Wildman–Crippen MR) is 46.5 cm³/mol. The van der Waals surface area contributed by atoms with E-state index in [9.17, 15) is 4.21 Å². The van der Waals surface area contributed by atoms with Gasteiger partial charge in [0.2, 0.25) is 0 Å². The van der Waals surface area contributed by atoms with Gasteiger partial charge in [-0.15, -0.1) is 0 Å². The Morgan fingerprint density at radius 1 is 1.30 bits per heavy atom. The highest BCUT2D eigenvalue weighted by atomic mass is 79.9. The van der Waals surface area contributed by atoms with Crippen LogP contribution in [0.4, 0.5) is 0 Å². The van der Waals surface area contributed by atoms with Gasteiger partial charge in [0.05, 0.1) is 0 Å².